The fourth-order valence-electron chi connectivity index (χ4n) is 2.55. The molecule has 0 fully saturated rings. The number of hydrogen-bond donors (Lipinski definition) is 0. The molecule has 0 saturated heterocycles. The van der Waals surface area contributed by atoms with Gasteiger partial charge in [0.25, 0.3) is 5.91 Å². The third kappa shape index (κ3) is 3.47. The Labute approximate surface area is 137 Å². The fraction of sp³-hybridized carbons (Fsp3) is 0.529. The van der Waals surface area contributed by atoms with E-state index in [4.69, 9.17) is 9.47 Å². The maximum absolute atomic E-state index is 12.8. The highest BCUT2D eigenvalue weighted by molar-refractivity contribution is 6.01. The van der Waals surface area contributed by atoms with Gasteiger partial charge in [0, 0.05) is 18.7 Å². The Balaban J connectivity index is 2.52. The Morgan fingerprint density at radius 3 is 2.61 bits per heavy atom. The van der Waals surface area contributed by atoms with E-state index in [9.17, 15) is 9.59 Å². The summed E-state index contributed by atoms with van der Waals surface area (Å²) in [5.74, 6) is 0.945. The first-order chi connectivity index (χ1) is 10.9. The molecule has 1 atom stereocenters. The van der Waals surface area contributed by atoms with E-state index >= 15 is 0 Å². The van der Waals surface area contributed by atoms with Crippen molar-refractivity contribution in [3.63, 3.8) is 0 Å². The van der Waals surface area contributed by atoms with Gasteiger partial charge in [-0.2, -0.15) is 0 Å². The number of amides is 1. The predicted molar refractivity (Wildman–Crippen MR) is 88.5 cm³/mol. The number of likely N-dealkylation sites (N-methyl/N-ethyl adjacent to an activating group) is 1. The van der Waals surface area contributed by atoms with Gasteiger partial charge in [-0.15, -0.1) is 0 Å². The number of methoxy groups -OCH3 is 1. The van der Waals surface area contributed by atoms with Gasteiger partial charge in [0.15, 0.2) is 17.6 Å². The van der Waals surface area contributed by atoms with Crippen LogP contribution >= 0.6 is 0 Å². The van der Waals surface area contributed by atoms with Crippen molar-refractivity contribution in [1.29, 1.82) is 0 Å². The first kappa shape index (κ1) is 17.3. The van der Waals surface area contributed by atoms with Crippen molar-refractivity contribution >= 4 is 17.9 Å². The number of ether oxygens (including phenoxy) is 2. The van der Waals surface area contributed by atoms with Gasteiger partial charge in [-0.05, 0) is 32.1 Å². The van der Waals surface area contributed by atoms with Crippen LogP contribution in [-0.4, -0.2) is 57.5 Å². The maximum Gasteiger partial charge on any atom is 0.268 e. The number of aldehydes is 1. The molecule has 0 saturated carbocycles. The zero-order chi connectivity index (χ0) is 17.1. The Morgan fingerprint density at radius 2 is 2.09 bits per heavy atom. The zero-order valence-corrected chi connectivity index (χ0v) is 14.3. The van der Waals surface area contributed by atoms with Crippen molar-refractivity contribution in [3.8, 4) is 11.5 Å². The van der Waals surface area contributed by atoms with E-state index in [1.165, 1.54) is 7.11 Å². The van der Waals surface area contributed by atoms with Gasteiger partial charge >= 0.3 is 0 Å². The molecule has 0 radical (unpaired) electrons. The minimum Gasteiger partial charge on any atom is -0.493 e. The van der Waals surface area contributed by atoms with Crippen LogP contribution in [-0.2, 0) is 4.79 Å². The van der Waals surface area contributed by atoms with E-state index in [0.717, 1.165) is 6.29 Å². The number of rotatable bonds is 6. The third-order valence-corrected chi connectivity index (χ3v) is 3.83. The molecule has 1 aliphatic heterocycles. The van der Waals surface area contributed by atoms with E-state index in [1.807, 2.05) is 32.8 Å². The molecule has 6 heteroatoms. The lowest BCUT2D eigenvalue weighted by Crippen LogP contribution is -2.50. The molecule has 126 valence electrons. The Morgan fingerprint density at radius 1 is 1.39 bits per heavy atom. The lowest BCUT2D eigenvalue weighted by atomic mass is 10.0. The van der Waals surface area contributed by atoms with Gasteiger partial charge in [-0.1, -0.05) is 13.8 Å². The number of carbonyl (C=O) groups is 2. The number of hydrogen-bond acceptors (Lipinski definition) is 5. The third-order valence-electron chi connectivity index (χ3n) is 3.83. The average Bonchev–Trinajstić information content (AvgIpc) is 2.51. The fourth-order valence-corrected chi connectivity index (χ4v) is 2.55. The Bertz CT molecular complexity index is 599. The molecule has 0 N–H and O–H groups in total. The second kappa shape index (κ2) is 7.00. The summed E-state index contributed by atoms with van der Waals surface area (Å²) in [5, 5.41) is 0. The molecule has 0 aromatic heterocycles. The van der Waals surface area contributed by atoms with Crippen molar-refractivity contribution < 1.29 is 19.1 Å². The van der Waals surface area contributed by atoms with Crippen LogP contribution in [0.2, 0.25) is 0 Å². The van der Waals surface area contributed by atoms with Crippen LogP contribution in [0.25, 0.3) is 0 Å². The molecule has 6 nitrogen and oxygen atoms in total. The molecule has 0 bridgehead atoms. The summed E-state index contributed by atoms with van der Waals surface area (Å²) < 4.78 is 11.3. The summed E-state index contributed by atoms with van der Waals surface area (Å²) in [6.07, 6.45) is 0.187. The summed E-state index contributed by atoms with van der Waals surface area (Å²) in [5.41, 5.74) is 1.05. The molecule has 1 aromatic rings. The standard InChI is InChI=1S/C17H24N2O4/c1-11(2)15-17(21)19(7-6-18(3)4)13-8-12(10-20)9-14(22-5)16(13)23-15/h8-11,15H,6-7H2,1-5H3. The summed E-state index contributed by atoms with van der Waals surface area (Å²) in [6, 6.07) is 3.30. The van der Waals surface area contributed by atoms with E-state index in [0.29, 0.717) is 35.8 Å². The van der Waals surface area contributed by atoms with E-state index in [-0.39, 0.29) is 11.8 Å². The minimum atomic E-state index is -0.555. The normalized spacial score (nSPS) is 17.3. The summed E-state index contributed by atoms with van der Waals surface area (Å²) >= 11 is 0. The predicted octanol–water partition coefficient (Wildman–Crippen LogP) is 1.82. The van der Waals surface area contributed by atoms with E-state index < -0.39 is 6.10 Å². The zero-order valence-electron chi connectivity index (χ0n) is 14.3. The van der Waals surface area contributed by atoms with Gasteiger partial charge in [0.1, 0.15) is 6.29 Å². The van der Waals surface area contributed by atoms with Crippen molar-refractivity contribution in [3.05, 3.63) is 17.7 Å². The van der Waals surface area contributed by atoms with Gasteiger partial charge in [-0.3, -0.25) is 9.59 Å². The number of benzene rings is 1. The maximum atomic E-state index is 12.8. The van der Waals surface area contributed by atoms with Gasteiger partial charge < -0.3 is 19.3 Å². The quantitative estimate of drug-likeness (QED) is 0.748. The van der Waals surface area contributed by atoms with Gasteiger partial charge in [0.2, 0.25) is 0 Å². The van der Waals surface area contributed by atoms with Gasteiger partial charge in [-0.25, -0.2) is 0 Å². The smallest absolute Gasteiger partial charge is 0.268 e. The highest BCUT2D eigenvalue weighted by Crippen LogP contribution is 2.43. The molecular weight excluding hydrogens is 296 g/mol. The lowest BCUT2D eigenvalue weighted by molar-refractivity contribution is -0.128. The number of anilines is 1. The van der Waals surface area contributed by atoms with Crippen molar-refractivity contribution in [2.75, 3.05) is 39.2 Å². The summed E-state index contributed by atoms with van der Waals surface area (Å²) in [7, 11) is 5.43. The molecule has 0 aliphatic carbocycles. The van der Waals surface area contributed by atoms with E-state index in [2.05, 4.69) is 0 Å². The molecule has 1 unspecified atom stereocenters. The second-order valence-corrected chi connectivity index (χ2v) is 6.26. The molecule has 1 aromatic carbocycles. The molecule has 0 spiro atoms. The van der Waals surface area contributed by atoms with Gasteiger partial charge in [0.05, 0.1) is 12.8 Å². The Hall–Kier alpha value is -2.08. The molecule has 1 aliphatic rings. The number of nitrogens with zero attached hydrogens (tertiary/aromatic N) is 2. The van der Waals surface area contributed by atoms with E-state index in [1.54, 1.807) is 17.0 Å². The highest BCUT2D eigenvalue weighted by Gasteiger charge is 2.38. The van der Waals surface area contributed by atoms with Crippen LogP contribution in [0.15, 0.2) is 12.1 Å². The van der Waals surface area contributed by atoms with Crippen LogP contribution in [0.4, 0.5) is 5.69 Å². The largest absolute Gasteiger partial charge is 0.493 e. The van der Waals surface area contributed by atoms with Crippen LogP contribution in [0, 0.1) is 5.92 Å². The highest BCUT2D eigenvalue weighted by atomic mass is 16.5. The SMILES string of the molecule is COc1cc(C=O)cc2c1OC(C(C)C)C(=O)N2CCN(C)C. The van der Waals surface area contributed by atoms with Crippen molar-refractivity contribution in [2.24, 2.45) is 5.92 Å². The van der Waals surface area contributed by atoms with Crippen LogP contribution in [0.1, 0.15) is 24.2 Å². The number of carbonyl (C=O) groups excluding carboxylic acids is 2. The van der Waals surface area contributed by atoms with Crippen LogP contribution in [0.3, 0.4) is 0 Å². The lowest BCUT2D eigenvalue weighted by Gasteiger charge is -2.37. The summed E-state index contributed by atoms with van der Waals surface area (Å²) in [4.78, 5) is 27.7. The Kier molecular flexibility index (Phi) is 5.26. The second-order valence-electron chi connectivity index (χ2n) is 6.26. The first-order valence-electron chi connectivity index (χ1n) is 7.69. The summed E-state index contributed by atoms with van der Waals surface area (Å²) in [6.45, 7) is 5.13. The molecular formula is C17H24N2O4. The molecule has 2 rings (SSSR count). The first-order valence-corrected chi connectivity index (χ1v) is 7.69. The molecule has 23 heavy (non-hydrogen) atoms. The number of fused-ring (bicyclic) bond motifs is 1. The van der Waals surface area contributed by atoms with Crippen molar-refractivity contribution in [1.82, 2.24) is 4.90 Å². The topological polar surface area (TPSA) is 59.1 Å². The molecule has 1 heterocycles. The average molecular weight is 320 g/mol. The van der Waals surface area contributed by atoms with Crippen molar-refractivity contribution in [2.45, 2.75) is 20.0 Å². The van der Waals surface area contributed by atoms with Crippen LogP contribution in [0.5, 0.6) is 11.5 Å². The minimum absolute atomic E-state index is 0.0351. The monoisotopic (exact) mass is 320 g/mol. The van der Waals surface area contributed by atoms with Crippen LogP contribution < -0.4 is 14.4 Å². The molecule has 1 amide bonds.